The first-order valence-corrected chi connectivity index (χ1v) is 15.8. The number of allylic oxidation sites excluding steroid dienone is 2. The summed E-state index contributed by atoms with van der Waals surface area (Å²) in [5, 5.41) is 0. The second kappa shape index (κ2) is 21.2. The summed E-state index contributed by atoms with van der Waals surface area (Å²) in [7, 11) is 2.35. The lowest BCUT2D eigenvalue weighted by Crippen LogP contribution is -2.45. The standard InChI is InChI=1S/C28H58NO3P/c1-6-8-9-10-11-12-13-14-15-16-17-18-19-20-21-22-23-24-25-27-32-33(30,31)28(26-7-2)29(3,4)5/h12-13,28H,6-11,14-27H2,1-5H3/p+1. The second-order valence-corrected chi connectivity index (χ2v) is 12.8. The molecule has 0 saturated heterocycles. The molecule has 198 valence electrons. The quantitative estimate of drug-likeness (QED) is 0.0637. The number of nitrogens with zero attached hydrogens (tertiary/aromatic N) is 1. The Labute approximate surface area is 207 Å². The third-order valence-corrected chi connectivity index (χ3v) is 8.76. The fraction of sp³-hybridized carbons (Fsp3) is 0.929. The van der Waals surface area contributed by atoms with E-state index in [0.29, 0.717) is 17.5 Å². The first-order valence-electron chi connectivity index (χ1n) is 14.2. The van der Waals surface area contributed by atoms with Crippen LogP contribution in [-0.2, 0) is 9.09 Å². The average Bonchev–Trinajstić information content (AvgIpc) is 2.75. The van der Waals surface area contributed by atoms with Gasteiger partial charge in [0.15, 0.2) is 5.78 Å². The van der Waals surface area contributed by atoms with E-state index < -0.39 is 7.60 Å². The van der Waals surface area contributed by atoms with Crippen LogP contribution in [0.4, 0.5) is 0 Å². The van der Waals surface area contributed by atoms with Crippen molar-refractivity contribution in [2.24, 2.45) is 0 Å². The normalized spacial score (nSPS) is 15.2. The second-order valence-electron chi connectivity index (χ2n) is 10.8. The first-order chi connectivity index (χ1) is 15.8. The molecule has 4 nitrogen and oxygen atoms in total. The zero-order chi connectivity index (χ0) is 24.8. The minimum absolute atomic E-state index is 0.334. The van der Waals surface area contributed by atoms with Crippen LogP contribution in [0.15, 0.2) is 12.2 Å². The predicted octanol–water partition coefficient (Wildman–Crippen LogP) is 9.23. The van der Waals surface area contributed by atoms with E-state index in [2.05, 4.69) is 26.0 Å². The molecule has 2 atom stereocenters. The molecular weight excluding hydrogens is 429 g/mol. The largest absolute Gasteiger partial charge is 0.385 e. The van der Waals surface area contributed by atoms with Crippen LogP contribution in [-0.4, -0.2) is 42.9 Å². The van der Waals surface area contributed by atoms with Gasteiger partial charge in [-0.2, -0.15) is 0 Å². The number of hydrogen-bond acceptors (Lipinski definition) is 2. The number of unbranched alkanes of at least 4 members (excludes halogenated alkanes) is 15. The lowest BCUT2D eigenvalue weighted by molar-refractivity contribution is -0.883. The molecule has 0 heterocycles. The van der Waals surface area contributed by atoms with Crippen molar-refractivity contribution in [1.29, 1.82) is 0 Å². The van der Waals surface area contributed by atoms with Gasteiger partial charge >= 0.3 is 7.60 Å². The van der Waals surface area contributed by atoms with E-state index in [4.69, 9.17) is 4.52 Å². The first kappa shape index (κ1) is 32.8. The Kier molecular flexibility index (Phi) is 21.1. The van der Waals surface area contributed by atoms with Crippen molar-refractivity contribution in [2.45, 2.75) is 142 Å². The van der Waals surface area contributed by atoms with Crippen molar-refractivity contribution in [3.63, 3.8) is 0 Å². The summed E-state index contributed by atoms with van der Waals surface area (Å²) < 4.78 is 18.6. The lowest BCUT2D eigenvalue weighted by atomic mass is 10.0. The molecule has 0 aromatic carbocycles. The fourth-order valence-electron chi connectivity index (χ4n) is 4.41. The predicted molar refractivity (Wildman–Crippen MR) is 146 cm³/mol. The van der Waals surface area contributed by atoms with Gasteiger partial charge in [-0.3, -0.25) is 4.57 Å². The number of rotatable bonds is 24. The van der Waals surface area contributed by atoms with Crippen molar-refractivity contribution in [1.82, 2.24) is 0 Å². The van der Waals surface area contributed by atoms with Crippen LogP contribution in [0.5, 0.6) is 0 Å². The summed E-state index contributed by atoms with van der Waals surface area (Å²) in [6.45, 7) is 4.73. The van der Waals surface area contributed by atoms with Gasteiger partial charge in [-0.05, 0) is 38.5 Å². The Morgan fingerprint density at radius 1 is 0.697 bits per heavy atom. The molecule has 0 bridgehead atoms. The van der Waals surface area contributed by atoms with E-state index in [9.17, 15) is 9.46 Å². The van der Waals surface area contributed by atoms with E-state index in [-0.39, 0.29) is 5.78 Å². The highest BCUT2D eigenvalue weighted by Crippen LogP contribution is 2.51. The van der Waals surface area contributed by atoms with Gasteiger partial charge in [0, 0.05) is 6.42 Å². The van der Waals surface area contributed by atoms with Gasteiger partial charge < -0.3 is 13.9 Å². The molecule has 0 aromatic heterocycles. The Bertz CT molecular complexity index is 502. The minimum Gasteiger partial charge on any atom is -0.320 e. The van der Waals surface area contributed by atoms with Gasteiger partial charge in [-0.25, -0.2) is 0 Å². The summed E-state index contributed by atoms with van der Waals surface area (Å²) in [4.78, 5) is 10.4. The maximum atomic E-state index is 12.7. The summed E-state index contributed by atoms with van der Waals surface area (Å²) in [6.07, 6.45) is 28.4. The Morgan fingerprint density at radius 2 is 1.12 bits per heavy atom. The number of hydrogen-bond donors (Lipinski definition) is 1. The summed E-state index contributed by atoms with van der Waals surface area (Å²) in [5.41, 5.74) is 0. The number of quaternary nitrogens is 1. The average molecular weight is 489 g/mol. The molecule has 0 fully saturated rings. The Hall–Kier alpha value is -0.150. The van der Waals surface area contributed by atoms with Crippen molar-refractivity contribution in [2.75, 3.05) is 27.7 Å². The van der Waals surface area contributed by atoms with Crippen LogP contribution in [0.1, 0.15) is 136 Å². The smallest absolute Gasteiger partial charge is 0.320 e. The van der Waals surface area contributed by atoms with Gasteiger partial charge in [0.1, 0.15) is 0 Å². The molecule has 0 saturated carbocycles. The molecule has 0 aliphatic carbocycles. The molecule has 2 unspecified atom stereocenters. The van der Waals surface area contributed by atoms with Crippen molar-refractivity contribution < 1.29 is 18.5 Å². The van der Waals surface area contributed by atoms with E-state index in [1.54, 1.807) is 0 Å². The molecule has 5 heteroatoms. The van der Waals surface area contributed by atoms with Gasteiger partial charge in [0.05, 0.1) is 27.7 Å². The molecule has 0 aromatic rings. The zero-order valence-corrected chi connectivity index (χ0v) is 23.9. The maximum Gasteiger partial charge on any atom is 0.385 e. The zero-order valence-electron chi connectivity index (χ0n) is 23.0. The molecule has 0 aliphatic heterocycles. The Morgan fingerprint density at radius 3 is 1.55 bits per heavy atom. The molecule has 0 aliphatic rings. The molecular formula is C28H59NO3P+. The molecule has 0 amide bonds. The van der Waals surface area contributed by atoms with E-state index in [1.807, 2.05) is 21.1 Å². The van der Waals surface area contributed by atoms with Crippen LogP contribution in [0.3, 0.4) is 0 Å². The fourth-order valence-corrected chi connectivity index (χ4v) is 6.43. The van der Waals surface area contributed by atoms with Gasteiger partial charge in [-0.15, -0.1) is 0 Å². The lowest BCUT2D eigenvalue weighted by Gasteiger charge is -2.35. The van der Waals surface area contributed by atoms with Crippen LogP contribution < -0.4 is 0 Å². The molecule has 0 rings (SSSR count). The van der Waals surface area contributed by atoms with Crippen molar-refractivity contribution >= 4 is 7.60 Å². The summed E-state index contributed by atoms with van der Waals surface area (Å²) >= 11 is 0. The van der Waals surface area contributed by atoms with Crippen LogP contribution in [0.25, 0.3) is 0 Å². The van der Waals surface area contributed by atoms with Crippen LogP contribution >= 0.6 is 7.60 Å². The van der Waals surface area contributed by atoms with Gasteiger partial charge in [0.2, 0.25) is 0 Å². The molecule has 0 spiro atoms. The molecule has 1 N–H and O–H groups in total. The highest BCUT2D eigenvalue weighted by molar-refractivity contribution is 7.53. The SMILES string of the molecule is CCCCCCC=CCCCCCCCCCCCCCOP(=O)(O)C(CCC)[N+](C)(C)C. The minimum atomic E-state index is -3.57. The summed E-state index contributed by atoms with van der Waals surface area (Å²) in [5.74, 6) is -0.334. The Balaban J connectivity index is 3.50. The van der Waals surface area contributed by atoms with Crippen molar-refractivity contribution in [3.8, 4) is 0 Å². The monoisotopic (exact) mass is 488 g/mol. The van der Waals surface area contributed by atoms with E-state index >= 15 is 0 Å². The summed E-state index contributed by atoms with van der Waals surface area (Å²) in [6, 6.07) is 0. The highest BCUT2D eigenvalue weighted by Gasteiger charge is 2.41. The van der Waals surface area contributed by atoms with E-state index in [0.717, 1.165) is 19.3 Å². The maximum absolute atomic E-state index is 12.7. The van der Waals surface area contributed by atoms with E-state index in [1.165, 1.54) is 96.3 Å². The highest BCUT2D eigenvalue weighted by atomic mass is 31.2. The van der Waals surface area contributed by atoms with Gasteiger partial charge in [0.25, 0.3) is 0 Å². The van der Waals surface area contributed by atoms with Crippen LogP contribution in [0.2, 0.25) is 0 Å². The topological polar surface area (TPSA) is 46.5 Å². The van der Waals surface area contributed by atoms with Crippen LogP contribution in [0, 0.1) is 0 Å². The third kappa shape index (κ3) is 19.8. The van der Waals surface area contributed by atoms with Gasteiger partial charge in [-0.1, -0.05) is 103 Å². The third-order valence-electron chi connectivity index (χ3n) is 6.50. The molecule has 33 heavy (non-hydrogen) atoms. The molecule has 0 radical (unpaired) electrons. The van der Waals surface area contributed by atoms with Crippen molar-refractivity contribution in [3.05, 3.63) is 12.2 Å².